The van der Waals surface area contributed by atoms with Crippen LogP contribution >= 0.6 is 0 Å². The average Bonchev–Trinajstić information content (AvgIpc) is 2.60. The van der Waals surface area contributed by atoms with Gasteiger partial charge in [0.25, 0.3) is 0 Å². The highest BCUT2D eigenvalue weighted by molar-refractivity contribution is 5.71. The van der Waals surface area contributed by atoms with Gasteiger partial charge in [-0.15, -0.1) is 0 Å². The van der Waals surface area contributed by atoms with Crippen LogP contribution in [0.25, 0.3) is 0 Å². The molecule has 0 saturated heterocycles. The number of benzene rings is 1. The fourth-order valence-electron chi connectivity index (χ4n) is 1.77. The molecular weight excluding hydrogens is 204 g/mol. The molecular formula is C12H16N2O2. The SMILES string of the molecule is CN(C)C(=O)Oc1ccc2c(c1)N(C)CC2. The largest absolute Gasteiger partial charge is 0.414 e. The standard InChI is InChI=1S/C12H16N2O2/c1-13(2)12(15)16-10-5-4-9-6-7-14(3)11(9)8-10/h4-5,8H,6-7H2,1-3H3. The van der Waals surface area contributed by atoms with Gasteiger partial charge in [-0.05, 0) is 18.1 Å². The summed E-state index contributed by atoms with van der Waals surface area (Å²) in [6.07, 6.45) is 0.717. The first kappa shape index (κ1) is 10.8. The number of anilines is 1. The van der Waals surface area contributed by atoms with E-state index in [0.717, 1.165) is 18.7 Å². The lowest BCUT2D eigenvalue weighted by molar-refractivity contribution is 0.172. The highest BCUT2D eigenvalue weighted by Crippen LogP contribution is 2.30. The molecule has 1 heterocycles. The lowest BCUT2D eigenvalue weighted by Gasteiger charge is -2.14. The Kier molecular flexibility index (Phi) is 2.73. The first-order valence-corrected chi connectivity index (χ1v) is 5.31. The van der Waals surface area contributed by atoms with E-state index in [1.807, 2.05) is 25.2 Å². The van der Waals surface area contributed by atoms with E-state index in [9.17, 15) is 4.79 Å². The number of ether oxygens (including phenoxy) is 1. The molecule has 0 atom stereocenters. The van der Waals surface area contributed by atoms with E-state index in [2.05, 4.69) is 4.90 Å². The molecule has 86 valence electrons. The third-order valence-electron chi connectivity index (χ3n) is 2.75. The number of hydrogen-bond donors (Lipinski definition) is 0. The number of carbonyl (C=O) groups excluding carboxylic acids is 1. The molecule has 4 heteroatoms. The fraction of sp³-hybridized carbons (Fsp3) is 0.417. The second-order valence-corrected chi connectivity index (χ2v) is 4.22. The minimum atomic E-state index is -0.347. The van der Waals surface area contributed by atoms with Crippen molar-refractivity contribution in [2.24, 2.45) is 0 Å². The van der Waals surface area contributed by atoms with E-state index in [1.165, 1.54) is 10.5 Å². The summed E-state index contributed by atoms with van der Waals surface area (Å²) in [6.45, 7) is 1.03. The maximum atomic E-state index is 11.4. The van der Waals surface area contributed by atoms with E-state index in [4.69, 9.17) is 4.74 Å². The van der Waals surface area contributed by atoms with E-state index < -0.39 is 0 Å². The van der Waals surface area contributed by atoms with Crippen molar-refractivity contribution in [3.8, 4) is 5.75 Å². The predicted octanol–water partition coefficient (Wildman–Crippen LogP) is 1.74. The maximum absolute atomic E-state index is 11.4. The van der Waals surface area contributed by atoms with Crippen LogP contribution in [0.2, 0.25) is 0 Å². The summed E-state index contributed by atoms with van der Waals surface area (Å²) in [4.78, 5) is 15.0. The fourth-order valence-corrected chi connectivity index (χ4v) is 1.77. The van der Waals surface area contributed by atoms with Gasteiger partial charge < -0.3 is 14.5 Å². The molecule has 0 bridgehead atoms. The lowest BCUT2D eigenvalue weighted by Crippen LogP contribution is -2.25. The van der Waals surface area contributed by atoms with Crippen LogP contribution in [-0.2, 0) is 6.42 Å². The van der Waals surface area contributed by atoms with Crippen molar-refractivity contribution in [2.45, 2.75) is 6.42 Å². The van der Waals surface area contributed by atoms with Crippen LogP contribution in [0.3, 0.4) is 0 Å². The molecule has 0 fully saturated rings. The Morgan fingerprint density at radius 3 is 2.88 bits per heavy atom. The number of nitrogens with zero attached hydrogens (tertiary/aromatic N) is 2. The number of carbonyl (C=O) groups is 1. The molecule has 1 aromatic carbocycles. The zero-order valence-electron chi connectivity index (χ0n) is 9.86. The topological polar surface area (TPSA) is 32.8 Å². The van der Waals surface area contributed by atoms with Gasteiger partial charge in [0.15, 0.2) is 0 Å². The summed E-state index contributed by atoms with van der Waals surface area (Å²) < 4.78 is 5.21. The van der Waals surface area contributed by atoms with Crippen LogP contribution in [0, 0.1) is 0 Å². The van der Waals surface area contributed by atoms with E-state index in [1.54, 1.807) is 14.1 Å². The molecule has 1 aromatic rings. The first-order chi connectivity index (χ1) is 7.58. The van der Waals surface area contributed by atoms with Crippen LogP contribution < -0.4 is 9.64 Å². The molecule has 16 heavy (non-hydrogen) atoms. The summed E-state index contributed by atoms with van der Waals surface area (Å²) in [5.74, 6) is 0.603. The zero-order chi connectivity index (χ0) is 11.7. The van der Waals surface area contributed by atoms with Gasteiger partial charge in [0.05, 0.1) is 0 Å². The molecule has 0 N–H and O–H groups in total. The van der Waals surface area contributed by atoms with Gasteiger partial charge >= 0.3 is 6.09 Å². The number of amides is 1. The highest BCUT2D eigenvalue weighted by Gasteiger charge is 2.17. The second-order valence-electron chi connectivity index (χ2n) is 4.22. The van der Waals surface area contributed by atoms with Gasteiger partial charge in [-0.3, -0.25) is 0 Å². The van der Waals surface area contributed by atoms with Gasteiger partial charge in [-0.25, -0.2) is 4.79 Å². The molecule has 2 rings (SSSR count). The minimum absolute atomic E-state index is 0.347. The second kappa shape index (κ2) is 4.04. The Balaban J connectivity index is 2.18. The van der Waals surface area contributed by atoms with Crippen LogP contribution in [-0.4, -0.2) is 38.7 Å². The van der Waals surface area contributed by atoms with Crippen molar-refractivity contribution in [1.29, 1.82) is 0 Å². The Labute approximate surface area is 95.4 Å². The number of fused-ring (bicyclic) bond motifs is 1. The van der Waals surface area contributed by atoms with Crippen molar-refractivity contribution in [2.75, 3.05) is 32.6 Å². The normalized spacial score (nSPS) is 13.6. The van der Waals surface area contributed by atoms with Crippen LogP contribution in [0.4, 0.5) is 10.5 Å². The quantitative estimate of drug-likeness (QED) is 0.722. The van der Waals surface area contributed by atoms with Gasteiger partial charge in [-0.1, -0.05) is 6.07 Å². The zero-order valence-corrected chi connectivity index (χ0v) is 9.86. The van der Waals surface area contributed by atoms with Crippen LogP contribution in [0.1, 0.15) is 5.56 Å². The molecule has 4 nitrogen and oxygen atoms in total. The van der Waals surface area contributed by atoms with Gasteiger partial charge in [0, 0.05) is 39.4 Å². The summed E-state index contributed by atoms with van der Waals surface area (Å²) in [5, 5.41) is 0. The molecule has 0 radical (unpaired) electrons. The van der Waals surface area contributed by atoms with Gasteiger partial charge in [0.2, 0.25) is 0 Å². The summed E-state index contributed by atoms with van der Waals surface area (Å²) in [5.41, 5.74) is 2.47. The average molecular weight is 220 g/mol. The molecule has 0 saturated carbocycles. The van der Waals surface area contributed by atoms with Crippen LogP contribution in [0.15, 0.2) is 18.2 Å². The van der Waals surface area contributed by atoms with Gasteiger partial charge in [-0.2, -0.15) is 0 Å². The molecule has 0 aliphatic carbocycles. The molecule has 1 aliphatic rings. The Morgan fingerprint density at radius 2 is 2.19 bits per heavy atom. The Bertz CT molecular complexity index is 415. The summed E-state index contributed by atoms with van der Waals surface area (Å²) >= 11 is 0. The first-order valence-electron chi connectivity index (χ1n) is 5.31. The molecule has 0 spiro atoms. The molecule has 1 amide bonds. The number of rotatable bonds is 1. The molecule has 1 aliphatic heterocycles. The van der Waals surface area contributed by atoms with Crippen molar-refractivity contribution < 1.29 is 9.53 Å². The number of hydrogen-bond acceptors (Lipinski definition) is 3. The predicted molar refractivity (Wildman–Crippen MR) is 63.1 cm³/mol. The molecule has 0 unspecified atom stereocenters. The van der Waals surface area contributed by atoms with Crippen molar-refractivity contribution in [3.63, 3.8) is 0 Å². The van der Waals surface area contributed by atoms with E-state index in [-0.39, 0.29) is 6.09 Å². The van der Waals surface area contributed by atoms with Crippen molar-refractivity contribution in [3.05, 3.63) is 23.8 Å². The summed E-state index contributed by atoms with van der Waals surface area (Å²) in [6, 6.07) is 5.79. The lowest BCUT2D eigenvalue weighted by atomic mass is 10.1. The van der Waals surface area contributed by atoms with Crippen LogP contribution in [0.5, 0.6) is 5.75 Å². The van der Waals surface area contributed by atoms with E-state index in [0.29, 0.717) is 5.75 Å². The minimum Gasteiger partial charge on any atom is -0.410 e. The van der Waals surface area contributed by atoms with E-state index >= 15 is 0 Å². The monoisotopic (exact) mass is 220 g/mol. The maximum Gasteiger partial charge on any atom is 0.414 e. The Morgan fingerprint density at radius 1 is 1.44 bits per heavy atom. The highest BCUT2D eigenvalue weighted by atomic mass is 16.6. The van der Waals surface area contributed by atoms with Gasteiger partial charge in [0.1, 0.15) is 5.75 Å². The van der Waals surface area contributed by atoms with Crippen molar-refractivity contribution in [1.82, 2.24) is 4.90 Å². The molecule has 0 aromatic heterocycles. The third kappa shape index (κ3) is 1.96. The summed E-state index contributed by atoms with van der Waals surface area (Å²) in [7, 11) is 5.38. The third-order valence-corrected chi connectivity index (χ3v) is 2.75. The van der Waals surface area contributed by atoms with Crippen molar-refractivity contribution >= 4 is 11.8 Å². The Hall–Kier alpha value is -1.71. The smallest absolute Gasteiger partial charge is 0.410 e. The number of likely N-dealkylation sites (N-methyl/N-ethyl adjacent to an activating group) is 1.